The molecule has 114 valence electrons. The van der Waals surface area contributed by atoms with Gasteiger partial charge < -0.3 is 10.3 Å². The standard InChI is InChI=1S/C20H14N4/c21-12-16-7-8-17(13-23-16)24-15-4-1-3-14(11-15)18-5-2-6-20-19(18)9-10-22-20/h1-11,13,22,24H. The summed E-state index contributed by atoms with van der Waals surface area (Å²) in [5, 5.41) is 13.3. The normalized spacial score (nSPS) is 10.5. The van der Waals surface area contributed by atoms with Crippen LogP contribution in [0.1, 0.15) is 5.69 Å². The minimum atomic E-state index is 0.411. The number of hydrogen-bond donors (Lipinski definition) is 2. The van der Waals surface area contributed by atoms with Crippen molar-refractivity contribution in [3.05, 3.63) is 78.8 Å². The zero-order valence-electron chi connectivity index (χ0n) is 12.8. The number of aromatic amines is 1. The Morgan fingerprint density at radius 1 is 0.958 bits per heavy atom. The van der Waals surface area contributed by atoms with Crippen LogP contribution >= 0.6 is 0 Å². The van der Waals surface area contributed by atoms with Crippen molar-refractivity contribution in [2.75, 3.05) is 5.32 Å². The minimum Gasteiger partial charge on any atom is -0.361 e. The van der Waals surface area contributed by atoms with Crippen LogP contribution in [0.25, 0.3) is 22.0 Å². The maximum Gasteiger partial charge on any atom is 0.140 e. The van der Waals surface area contributed by atoms with E-state index in [-0.39, 0.29) is 0 Å². The van der Waals surface area contributed by atoms with Crippen molar-refractivity contribution in [2.45, 2.75) is 0 Å². The molecule has 2 heterocycles. The summed E-state index contributed by atoms with van der Waals surface area (Å²) in [6.07, 6.45) is 3.62. The number of hydrogen-bond acceptors (Lipinski definition) is 3. The summed E-state index contributed by atoms with van der Waals surface area (Å²) in [5.41, 5.74) is 5.70. The average Bonchev–Trinajstić information content (AvgIpc) is 3.11. The molecule has 0 amide bonds. The van der Waals surface area contributed by atoms with Crippen molar-refractivity contribution in [2.24, 2.45) is 0 Å². The predicted octanol–water partition coefficient (Wildman–Crippen LogP) is 4.85. The Morgan fingerprint density at radius 2 is 1.88 bits per heavy atom. The Labute approximate surface area is 139 Å². The van der Waals surface area contributed by atoms with E-state index >= 15 is 0 Å². The van der Waals surface area contributed by atoms with Gasteiger partial charge in [-0.3, -0.25) is 0 Å². The van der Waals surface area contributed by atoms with Gasteiger partial charge in [0.1, 0.15) is 11.8 Å². The van der Waals surface area contributed by atoms with Crippen molar-refractivity contribution < 1.29 is 0 Å². The van der Waals surface area contributed by atoms with Crippen LogP contribution in [-0.4, -0.2) is 9.97 Å². The van der Waals surface area contributed by atoms with E-state index < -0.39 is 0 Å². The first kappa shape index (κ1) is 14.0. The topological polar surface area (TPSA) is 64.5 Å². The smallest absolute Gasteiger partial charge is 0.140 e. The third-order valence-corrected chi connectivity index (χ3v) is 3.94. The van der Waals surface area contributed by atoms with Crippen LogP contribution in [0.3, 0.4) is 0 Å². The van der Waals surface area contributed by atoms with Crippen LogP contribution in [0.15, 0.2) is 73.1 Å². The zero-order valence-corrected chi connectivity index (χ0v) is 12.8. The first-order valence-electron chi connectivity index (χ1n) is 7.63. The van der Waals surface area contributed by atoms with Gasteiger partial charge in [-0.1, -0.05) is 24.3 Å². The number of aromatic nitrogens is 2. The van der Waals surface area contributed by atoms with E-state index in [1.165, 1.54) is 10.9 Å². The fourth-order valence-electron chi connectivity index (χ4n) is 2.80. The second kappa shape index (κ2) is 5.90. The van der Waals surface area contributed by atoms with E-state index in [9.17, 15) is 0 Å². The molecular formula is C20H14N4. The van der Waals surface area contributed by atoms with Crippen LogP contribution in [0.2, 0.25) is 0 Å². The molecular weight excluding hydrogens is 296 g/mol. The van der Waals surface area contributed by atoms with Gasteiger partial charge in [-0.25, -0.2) is 4.98 Å². The van der Waals surface area contributed by atoms with E-state index in [1.54, 1.807) is 12.3 Å². The maximum atomic E-state index is 8.81. The molecule has 0 bridgehead atoms. The number of fused-ring (bicyclic) bond motifs is 1. The molecule has 0 aliphatic rings. The van der Waals surface area contributed by atoms with Crippen molar-refractivity contribution in [1.82, 2.24) is 9.97 Å². The summed E-state index contributed by atoms with van der Waals surface area (Å²) in [6, 6.07) is 22.2. The van der Waals surface area contributed by atoms with Gasteiger partial charge in [0.25, 0.3) is 0 Å². The van der Waals surface area contributed by atoms with E-state index in [0.29, 0.717) is 5.69 Å². The number of benzene rings is 2. The zero-order chi connectivity index (χ0) is 16.4. The Bertz CT molecular complexity index is 1040. The number of H-pyrrole nitrogens is 1. The molecule has 24 heavy (non-hydrogen) atoms. The number of nitrogens with zero attached hydrogens (tertiary/aromatic N) is 2. The third-order valence-electron chi connectivity index (χ3n) is 3.94. The average molecular weight is 310 g/mol. The maximum absolute atomic E-state index is 8.81. The lowest BCUT2D eigenvalue weighted by Crippen LogP contribution is -1.92. The Kier molecular flexibility index (Phi) is 3.45. The number of rotatable bonds is 3. The molecule has 4 rings (SSSR count). The lowest BCUT2D eigenvalue weighted by molar-refractivity contribution is 1.26. The first-order valence-corrected chi connectivity index (χ1v) is 7.63. The summed E-state index contributed by atoms with van der Waals surface area (Å²) in [5.74, 6) is 0. The molecule has 0 saturated heterocycles. The highest BCUT2D eigenvalue weighted by atomic mass is 14.9. The molecule has 2 N–H and O–H groups in total. The Morgan fingerprint density at radius 3 is 2.71 bits per heavy atom. The quantitative estimate of drug-likeness (QED) is 0.569. The second-order valence-corrected chi connectivity index (χ2v) is 5.49. The van der Waals surface area contributed by atoms with E-state index in [4.69, 9.17) is 5.26 Å². The molecule has 0 aliphatic carbocycles. The number of nitrogens with one attached hydrogen (secondary N) is 2. The highest BCUT2D eigenvalue weighted by Crippen LogP contribution is 2.30. The summed E-state index contributed by atoms with van der Waals surface area (Å²) in [7, 11) is 0. The second-order valence-electron chi connectivity index (χ2n) is 5.49. The minimum absolute atomic E-state index is 0.411. The van der Waals surface area contributed by atoms with Gasteiger partial charge in [-0.15, -0.1) is 0 Å². The third kappa shape index (κ3) is 2.59. The van der Waals surface area contributed by atoms with Gasteiger partial charge in [0.15, 0.2) is 0 Å². The van der Waals surface area contributed by atoms with Gasteiger partial charge in [-0.05, 0) is 47.5 Å². The Hall–Kier alpha value is -3.58. The lowest BCUT2D eigenvalue weighted by atomic mass is 10.0. The van der Waals surface area contributed by atoms with Crippen molar-refractivity contribution in [3.63, 3.8) is 0 Å². The van der Waals surface area contributed by atoms with Gasteiger partial charge in [-0.2, -0.15) is 5.26 Å². The largest absolute Gasteiger partial charge is 0.361 e. The number of pyridine rings is 1. The molecule has 4 nitrogen and oxygen atoms in total. The highest BCUT2D eigenvalue weighted by Gasteiger charge is 2.05. The summed E-state index contributed by atoms with van der Waals surface area (Å²) < 4.78 is 0. The van der Waals surface area contributed by atoms with E-state index in [1.807, 2.05) is 30.5 Å². The molecule has 2 aromatic heterocycles. The molecule has 0 atom stereocenters. The van der Waals surface area contributed by atoms with Gasteiger partial charge in [0, 0.05) is 22.8 Å². The van der Waals surface area contributed by atoms with Crippen LogP contribution in [0.5, 0.6) is 0 Å². The van der Waals surface area contributed by atoms with Crippen LogP contribution in [0, 0.1) is 11.3 Å². The highest BCUT2D eigenvalue weighted by molar-refractivity contribution is 5.95. The molecule has 0 saturated carbocycles. The van der Waals surface area contributed by atoms with Gasteiger partial charge in [0.2, 0.25) is 0 Å². The molecule has 0 unspecified atom stereocenters. The molecule has 0 fully saturated rings. The van der Waals surface area contributed by atoms with Gasteiger partial charge >= 0.3 is 0 Å². The van der Waals surface area contributed by atoms with Crippen molar-refractivity contribution in [1.29, 1.82) is 5.26 Å². The van der Waals surface area contributed by atoms with Crippen molar-refractivity contribution >= 4 is 22.3 Å². The summed E-state index contributed by atoms with van der Waals surface area (Å²) in [6.45, 7) is 0. The SMILES string of the molecule is N#Cc1ccc(Nc2cccc(-c3cccc4[nH]ccc34)c2)cn1. The van der Waals surface area contributed by atoms with E-state index in [2.05, 4.69) is 51.7 Å². The van der Waals surface area contributed by atoms with Gasteiger partial charge in [0.05, 0.1) is 11.9 Å². The lowest BCUT2D eigenvalue weighted by Gasteiger charge is -2.09. The van der Waals surface area contributed by atoms with E-state index in [0.717, 1.165) is 22.5 Å². The molecule has 0 radical (unpaired) electrons. The first-order chi connectivity index (χ1) is 11.8. The molecule has 4 aromatic rings. The van der Waals surface area contributed by atoms with Crippen molar-refractivity contribution in [3.8, 4) is 17.2 Å². The number of anilines is 2. The molecule has 4 heteroatoms. The molecule has 0 aliphatic heterocycles. The summed E-state index contributed by atoms with van der Waals surface area (Å²) in [4.78, 5) is 7.32. The van der Waals surface area contributed by atoms with Crippen LogP contribution in [0.4, 0.5) is 11.4 Å². The fraction of sp³-hybridized carbons (Fsp3) is 0. The molecule has 2 aromatic carbocycles. The molecule has 0 spiro atoms. The monoisotopic (exact) mass is 310 g/mol. The number of nitriles is 1. The van der Waals surface area contributed by atoms with Crippen LogP contribution in [-0.2, 0) is 0 Å². The predicted molar refractivity (Wildman–Crippen MR) is 96.0 cm³/mol. The van der Waals surface area contributed by atoms with Crippen LogP contribution < -0.4 is 5.32 Å². The Balaban J connectivity index is 1.68. The summed E-state index contributed by atoms with van der Waals surface area (Å²) >= 11 is 0. The fourth-order valence-corrected chi connectivity index (χ4v) is 2.80.